The molecule has 0 saturated heterocycles. The minimum Gasteiger partial charge on any atom is -0.493 e. The number of carbonyl (C=O) groups excluding carboxylic acids is 1. The molecular weight excluding hydrogens is 436 g/mol. The van der Waals surface area contributed by atoms with Crippen LogP contribution in [0, 0.1) is 20.8 Å². The fourth-order valence-corrected chi connectivity index (χ4v) is 4.42. The molecule has 174 valence electrons. The van der Waals surface area contributed by atoms with Gasteiger partial charge in [0, 0.05) is 41.1 Å². The molecule has 0 fully saturated rings. The zero-order valence-electron chi connectivity index (χ0n) is 19.5. The minimum atomic E-state index is 0.367. The molecule has 0 aliphatic heterocycles. The molecule has 2 aromatic heterocycles. The van der Waals surface area contributed by atoms with E-state index in [-0.39, 0.29) is 0 Å². The van der Waals surface area contributed by atoms with Gasteiger partial charge in [0.15, 0.2) is 0 Å². The summed E-state index contributed by atoms with van der Waals surface area (Å²) in [6.45, 7) is 7.72. The molecule has 0 amide bonds. The van der Waals surface area contributed by atoms with E-state index in [4.69, 9.17) is 14.6 Å². The molecule has 0 aliphatic rings. The number of aliphatic hydroxyl groups excluding tert-OH is 1. The zero-order chi connectivity index (χ0) is 23.8. The van der Waals surface area contributed by atoms with Gasteiger partial charge < -0.3 is 23.9 Å². The molecule has 0 aliphatic carbocycles. The zero-order valence-corrected chi connectivity index (χ0v) is 20.3. The maximum absolute atomic E-state index is 10.8. The number of thiazole rings is 1. The Hall–Kier alpha value is -3.16. The van der Waals surface area contributed by atoms with Crippen LogP contribution in [0.2, 0.25) is 0 Å². The van der Waals surface area contributed by atoms with Crippen LogP contribution in [0.15, 0.2) is 48.7 Å². The van der Waals surface area contributed by atoms with Crippen molar-refractivity contribution in [3.05, 3.63) is 64.8 Å². The van der Waals surface area contributed by atoms with Gasteiger partial charge in [-0.1, -0.05) is 0 Å². The normalized spacial score (nSPS) is 10.6. The second-order valence-electron chi connectivity index (χ2n) is 7.55. The SMILES string of the molecule is CO.Cc1nc(-c2ccc(OCCCOc3ccc4c(c3)c(C)cn4CC=O)cc2)sc1C. The van der Waals surface area contributed by atoms with Crippen LogP contribution in [0.1, 0.15) is 22.6 Å². The van der Waals surface area contributed by atoms with E-state index in [0.717, 1.165) is 64.0 Å². The van der Waals surface area contributed by atoms with Crippen molar-refractivity contribution < 1.29 is 19.4 Å². The number of fused-ring (bicyclic) bond motifs is 1. The van der Waals surface area contributed by atoms with Gasteiger partial charge in [-0.3, -0.25) is 0 Å². The lowest BCUT2D eigenvalue weighted by Gasteiger charge is -2.09. The van der Waals surface area contributed by atoms with Gasteiger partial charge in [-0.15, -0.1) is 11.3 Å². The van der Waals surface area contributed by atoms with Crippen LogP contribution in [0.4, 0.5) is 0 Å². The summed E-state index contributed by atoms with van der Waals surface area (Å²) < 4.78 is 13.7. The van der Waals surface area contributed by atoms with E-state index in [0.29, 0.717) is 19.8 Å². The van der Waals surface area contributed by atoms with Crippen molar-refractivity contribution in [2.45, 2.75) is 33.7 Å². The molecule has 0 unspecified atom stereocenters. The molecule has 33 heavy (non-hydrogen) atoms. The molecule has 0 radical (unpaired) electrons. The summed E-state index contributed by atoms with van der Waals surface area (Å²) in [5, 5.41) is 9.16. The molecule has 2 heterocycles. The highest BCUT2D eigenvalue weighted by Gasteiger charge is 2.08. The Labute approximate surface area is 198 Å². The van der Waals surface area contributed by atoms with Gasteiger partial charge in [-0.25, -0.2) is 4.98 Å². The van der Waals surface area contributed by atoms with Gasteiger partial charge in [-0.2, -0.15) is 0 Å². The van der Waals surface area contributed by atoms with Crippen LogP contribution in [0.3, 0.4) is 0 Å². The molecule has 4 aromatic rings. The predicted molar refractivity (Wildman–Crippen MR) is 134 cm³/mol. The van der Waals surface area contributed by atoms with E-state index in [2.05, 4.69) is 24.0 Å². The van der Waals surface area contributed by atoms with Crippen LogP contribution in [-0.2, 0) is 11.3 Å². The smallest absolute Gasteiger partial charge is 0.139 e. The van der Waals surface area contributed by atoms with Crippen molar-refractivity contribution in [2.24, 2.45) is 0 Å². The fourth-order valence-electron chi connectivity index (χ4n) is 3.50. The van der Waals surface area contributed by atoms with Crippen molar-refractivity contribution >= 4 is 28.5 Å². The number of benzene rings is 2. The van der Waals surface area contributed by atoms with Gasteiger partial charge >= 0.3 is 0 Å². The van der Waals surface area contributed by atoms with E-state index < -0.39 is 0 Å². The largest absolute Gasteiger partial charge is 0.493 e. The van der Waals surface area contributed by atoms with Gasteiger partial charge in [0.05, 0.1) is 25.5 Å². The summed E-state index contributed by atoms with van der Waals surface area (Å²) in [6.07, 6.45) is 3.70. The third-order valence-corrected chi connectivity index (χ3v) is 6.40. The van der Waals surface area contributed by atoms with Crippen molar-refractivity contribution in [1.82, 2.24) is 9.55 Å². The average Bonchev–Trinajstić information content (AvgIpc) is 3.33. The average molecular weight is 467 g/mol. The number of aldehydes is 1. The standard InChI is InChI=1S/C25H26N2O3S.CH4O/c1-17-16-27(11-12-28)24-10-9-22(15-23(17)24)30-14-4-13-29-21-7-5-20(6-8-21)25-26-18(2)19(3)31-25;1-2/h5-10,12,15-16H,4,11,13-14H2,1-3H3;2H,1H3. The summed E-state index contributed by atoms with van der Waals surface area (Å²) in [5.41, 5.74) is 4.39. The second-order valence-corrected chi connectivity index (χ2v) is 8.75. The van der Waals surface area contributed by atoms with Crippen molar-refractivity contribution in [3.8, 4) is 22.1 Å². The first-order valence-electron chi connectivity index (χ1n) is 10.8. The minimum absolute atomic E-state index is 0.367. The molecular formula is C26H30N2O4S. The summed E-state index contributed by atoms with van der Waals surface area (Å²) in [6, 6.07) is 14.1. The van der Waals surface area contributed by atoms with Gasteiger partial charge in [0.1, 0.15) is 22.8 Å². The monoisotopic (exact) mass is 466 g/mol. The number of aromatic nitrogens is 2. The Morgan fingerprint density at radius 1 is 1.00 bits per heavy atom. The van der Waals surface area contributed by atoms with E-state index in [9.17, 15) is 4.79 Å². The molecule has 0 bridgehead atoms. The second kappa shape index (κ2) is 11.6. The molecule has 4 rings (SSSR count). The van der Waals surface area contributed by atoms with E-state index in [1.54, 1.807) is 11.3 Å². The lowest BCUT2D eigenvalue weighted by atomic mass is 10.2. The van der Waals surface area contributed by atoms with Crippen LogP contribution in [-0.4, -0.2) is 41.3 Å². The summed E-state index contributed by atoms with van der Waals surface area (Å²) in [7, 11) is 1.00. The molecule has 7 heteroatoms. The Balaban J connectivity index is 0.00000149. The third kappa shape index (κ3) is 6.00. The van der Waals surface area contributed by atoms with E-state index in [1.807, 2.05) is 54.9 Å². The third-order valence-electron chi connectivity index (χ3n) is 5.28. The van der Waals surface area contributed by atoms with Crippen molar-refractivity contribution in [2.75, 3.05) is 20.3 Å². The molecule has 6 nitrogen and oxygen atoms in total. The van der Waals surface area contributed by atoms with Gasteiger partial charge in [0.25, 0.3) is 0 Å². The molecule has 0 spiro atoms. The molecule has 0 saturated carbocycles. The Morgan fingerprint density at radius 3 is 2.30 bits per heavy atom. The van der Waals surface area contributed by atoms with E-state index >= 15 is 0 Å². The number of hydrogen-bond acceptors (Lipinski definition) is 6. The summed E-state index contributed by atoms with van der Waals surface area (Å²) in [4.78, 5) is 16.7. The summed E-state index contributed by atoms with van der Waals surface area (Å²) >= 11 is 1.72. The highest BCUT2D eigenvalue weighted by atomic mass is 32.1. The van der Waals surface area contributed by atoms with Crippen LogP contribution in [0.5, 0.6) is 11.5 Å². The number of aliphatic hydroxyl groups is 1. The van der Waals surface area contributed by atoms with E-state index in [1.165, 1.54) is 4.88 Å². The highest BCUT2D eigenvalue weighted by Crippen LogP contribution is 2.29. The quantitative estimate of drug-likeness (QED) is 0.266. The maximum Gasteiger partial charge on any atom is 0.139 e. The number of aryl methyl sites for hydroxylation is 3. The topological polar surface area (TPSA) is 73.6 Å². The number of nitrogens with zero attached hydrogens (tertiary/aromatic N) is 2. The molecule has 0 atom stereocenters. The number of rotatable bonds is 9. The first-order chi connectivity index (χ1) is 16.0. The Bertz CT molecular complexity index is 1180. The van der Waals surface area contributed by atoms with Crippen LogP contribution >= 0.6 is 11.3 Å². The first kappa shape index (κ1) is 24.5. The fraction of sp³-hybridized carbons (Fsp3) is 0.308. The number of ether oxygens (including phenoxy) is 2. The first-order valence-corrected chi connectivity index (χ1v) is 11.6. The number of hydrogen-bond donors (Lipinski definition) is 1. The number of carbonyl (C=O) groups is 1. The summed E-state index contributed by atoms with van der Waals surface area (Å²) in [5.74, 6) is 1.68. The molecule has 1 N–H and O–H groups in total. The van der Waals surface area contributed by atoms with Crippen molar-refractivity contribution in [1.29, 1.82) is 0 Å². The van der Waals surface area contributed by atoms with Crippen LogP contribution in [0.25, 0.3) is 21.5 Å². The van der Waals surface area contributed by atoms with Gasteiger partial charge in [-0.05, 0) is 68.8 Å². The van der Waals surface area contributed by atoms with Gasteiger partial charge in [0.2, 0.25) is 0 Å². The lowest BCUT2D eigenvalue weighted by molar-refractivity contribution is -0.108. The maximum atomic E-state index is 10.8. The van der Waals surface area contributed by atoms with Crippen molar-refractivity contribution in [3.63, 3.8) is 0 Å². The molecule has 2 aromatic carbocycles. The Morgan fingerprint density at radius 2 is 1.67 bits per heavy atom. The predicted octanol–water partition coefficient (Wildman–Crippen LogP) is 5.35. The lowest BCUT2D eigenvalue weighted by Crippen LogP contribution is -2.05. The van der Waals surface area contributed by atoms with Crippen LogP contribution < -0.4 is 9.47 Å². The Kier molecular flexibility index (Phi) is 8.63. The highest BCUT2D eigenvalue weighted by molar-refractivity contribution is 7.15.